The van der Waals surface area contributed by atoms with Crippen LogP contribution in [0.25, 0.3) is 0 Å². The number of nitrogens with one attached hydrogen (secondary N) is 3. The molecule has 3 N–H and O–H groups in total. The topological polar surface area (TPSA) is 87.3 Å². The lowest BCUT2D eigenvalue weighted by Gasteiger charge is -2.38. The summed E-state index contributed by atoms with van der Waals surface area (Å²) in [6.45, 7) is 8.24. The number of rotatable bonds is 10. The molecule has 39 heavy (non-hydrogen) atoms. The lowest BCUT2D eigenvalue weighted by molar-refractivity contribution is -0.125. The Morgan fingerprint density at radius 1 is 0.615 bits per heavy atom. The first-order valence-corrected chi connectivity index (χ1v) is 15.6. The zero-order chi connectivity index (χ0) is 28.7. The van der Waals surface area contributed by atoms with Crippen molar-refractivity contribution in [2.45, 2.75) is 140 Å². The molecule has 0 aliphatic heterocycles. The van der Waals surface area contributed by atoms with Gasteiger partial charge in [0.2, 0.25) is 17.7 Å². The molecule has 3 fully saturated rings. The molecule has 0 aromatic carbocycles. The van der Waals surface area contributed by atoms with Gasteiger partial charge < -0.3 is 16.0 Å². The van der Waals surface area contributed by atoms with Gasteiger partial charge in [0.25, 0.3) is 0 Å². The smallest absolute Gasteiger partial charge is 0.222 e. The molecule has 3 amide bonds. The summed E-state index contributed by atoms with van der Waals surface area (Å²) in [5.41, 5.74) is 0. The molecule has 212 valence electrons. The van der Waals surface area contributed by atoms with Gasteiger partial charge in [-0.3, -0.25) is 14.4 Å². The van der Waals surface area contributed by atoms with Gasteiger partial charge in [0.05, 0.1) is 23.5 Å². The fourth-order valence-corrected chi connectivity index (χ4v) is 7.00. The van der Waals surface area contributed by atoms with E-state index in [-0.39, 0.29) is 71.1 Å². The highest BCUT2D eigenvalue weighted by molar-refractivity contribution is 6.13. The van der Waals surface area contributed by atoms with Gasteiger partial charge in [0.15, 0.2) is 0 Å². The van der Waals surface area contributed by atoms with Gasteiger partial charge in [-0.1, -0.05) is 83.7 Å². The van der Waals surface area contributed by atoms with Gasteiger partial charge in [-0.25, -0.2) is 0 Å². The Balaban J connectivity index is 1.45. The molecule has 6 nitrogen and oxygen atoms in total. The van der Waals surface area contributed by atoms with Crippen LogP contribution in [0.5, 0.6) is 0 Å². The van der Waals surface area contributed by atoms with Crippen LogP contribution in [0.4, 0.5) is 0 Å². The molecule has 0 bridgehead atoms. The lowest BCUT2D eigenvalue weighted by atomic mass is 9.66. The molecule has 0 aromatic heterocycles. The molecule has 3 aliphatic carbocycles. The van der Waals surface area contributed by atoms with Crippen LogP contribution in [0, 0.1) is 29.6 Å². The van der Waals surface area contributed by atoms with Crippen molar-refractivity contribution in [1.29, 1.82) is 0 Å². The van der Waals surface area contributed by atoms with Crippen LogP contribution in [-0.4, -0.2) is 59.4 Å². The summed E-state index contributed by atoms with van der Waals surface area (Å²) in [4.78, 5) is 38.2. The summed E-state index contributed by atoms with van der Waals surface area (Å²) < 4.78 is 0. The van der Waals surface area contributed by atoms with E-state index in [4.69, 9.17) is 23.5 Å². The summed E-state index contributed by atoms with van der Waals surface area (Å²) in [5, 5.41) is 9.49. The minimum Gasteiger partial charge on any atom is -0.354 e. The molecule has 3 rings (SSSR count). The van der Waals surface area contributed by atoms with E-state index < -0.39 is 0 Å². The molecule has 6 radical (unpaired) electrons. The van der Waals surface area contributed by atoms with E-state index in [0.717, 1.165) is 51.4 Å². The normalized spacial score (nSPS) is 35.4. The molecule has 0 saturated heterocycles. The first kappa shape index (κ1) is 32.1. The van der Waals surface area contributed by atoms with E-state index in [1.54, 1.807) is 0 Å². The van der Waals surface area contributed by atoms with Crippen LogP contribution in [0.1, 0.15) is 105 Å². The highest BCUT2D eigenvalue weighted by Crippen LogP contribution is 2.37. The van der Waals surface area contributed by atoms with Crippen LogP contribution >= 0.6 is 0 Å². The van der Waals surface area contributed by atoms with E-state index in [1.807, 2.05) is 13.8 Å². The maximum absolute atomic E-state index is 13.0. The largest absolute Gasteiger partial charge is 0.354 e. The molecule has 0 heterocycles. The molecular weight excluding hydrogens is 483 g/mol. The van der Waals surface area contributed by atoms with Crippen molar-refractivity contribution in [3.8, 4) is 0 Å². The fraction of sp³-hybridized carbons (Fsp3) is 0.900. The molecule has 9 heteroatoms. The Labute approximate surface area is 241 Å². The van der Waals surface area contributed by atoms with Crippen molar-refractivity contribution in [3.05, 3.63) is 0 Å². The third kappa shape index (κ3) is 10.2. The van der Waals surface area contributed by atoms with Gasteiger partial charge in [-0.2, -0.15) is 0 Å². The van der Waals surface area contributed by atoms with Crippen molar-refractivity contribution in [1.82, 2.24) is 16.0 Å². The molecule has 0 unspecified atom stereocenters. The number of hydrogen-bond acceptors (Lipinski definition) is 3. The van der Waals surface area contributed by atoms with Gasteiger partial charge in [0.1, 0.15) is 0 Å². The van der Waals surface area contributed by atoms with Crippen LogP contribution in [-0.2, 0) is 14.4 Å². The van der Waals surface area contributed by atoms with E-state index in [1.165, 1.54) is 6.42 Å². The Bertz CT molecular complexity index is 827. The van der Waals surface area contributed by atoms with Crippen molar-refractivity contribution >= 4 is 41.3 Å². The number of hydrogen-bond donors (Lipinski definition) is 3. The first-order valence-electron chi connectivity index (χ1n) is 15.6. The maximum atomic E-state index is 13.0. The summed E-state index contributed by atoms with van der Waals surface area (Å²) in [6, 6.07) is -0.169. The Kier molecular flexibility index (Phi) is 12.4. The second-order valence-corrected chi connectivity index (χ2v) is 13.7. The standard InChI is InChI=1S/C30H50B3N3O3/c1-17(2)11-19-5-8-22(31)25(12-19)34-28(37)15-20-6-9-23(32)26(13-20)35-29(38)16-21-7-10-24(33)27(14-21)36-30(39)18(3)4/h17-27H,5-16H2,1-4H3,(H,34,37)(H,35,38)(H,36,39)/t19-,20+,21+,22+,23+,24+,25+,26+,27+/m0/s1. The predicted molar refractivity (Wildman–Crippen MR) is 160 cm³/mol. The predicted octanol–water partition coefficient (Wildman–Crippen LogP) is 4.19. The zero-order valence-electron chi connectivity index (χ0n) is 24.8. The fourth-order valence-electron chi connectivity index (χ4n) is 7.00. The minimum atomic E-state index is -0.126. The van der Waals surface area contributed by atoms with Crippen molar-refractivity contribution in [2.24, 2.45) is 29.6 Å². The van der Waals surface area contributed by atoms with Gasteiger partial charge in [0, 0.05) is 36.9 Å². The molecule has 0 spiro atoms. The second kappa shape index (κ2) is 15.0. The molecule has 3 aliphatic rings. The van der Waals surface area contributed by atoms with Gasteiger partial charge in [-0.15, -0.1) is 0 Å². The average molecular weight is 533 g/mol. The third-order valence-corrected chi connectivity index (χ3v) is 9.33. The Morgan fingerprint density at radius 3 is 1.41 bits per heavy atom. The van der Waals surface area contributed by atoms with E-state index >= 15 is 0 Å². The summed E-state index contributed by atoms with van der Waals surface area (Å²) in [5.74, 6) is 1.49. The zero-order valence-corrected chi connectivity index (χ0v) is 24.8. The van der Waals surface area contributed by atoms with Crippen molar-refractivity contribution < 1.29 is 14.4 Å². The number of carbonyl (C=O) groups excluding carboxylic acids is 3. The van der Waals surface area contributed by atoms with E-state index in [0.29, 0.717) is 31.1 Å². The number of carbonyl (C=O) groups is 3. The minimum absolute atomic E-state index is 0.000618. The average Bonchev–Trinajstić information content (AvgIpc) is 2.85. The van der Waals surface area contributed by atoms with Crippen LogP contribution in [0.15, 0.2) is 0 Å². The molecule has 9 atom stereocenters. The van der Waals surface area contributed by atoms with Crippen LogP contribution in [0.3, 0.4) is 0 Å². The summed E-state index contributed by atoms with van der Waals surface area (Å²) >= 11 is 0. The van der Waals surface area contributed by atoms with Crippen LogP contribution in [0.2, 0.25) is 17.5 Å². The monoisotopic (exact) mass is 533 g/mol. The Hall–Kier alpha value is -1.40. The van der Waals surface area contributed by atoms with Gasteiger partial charge >= 0.3 is 0 Å². The molecular formula is C30H50B3N3O3. The highest BCUT2D eigenvalue weighted by atomic mass is 16.2. The van der Waals surface area contributed by atoms with Crippen molar-refractivity contribution in [2.75, 3.05) is 0 Å². The first-order chi connectivity index (χ1) is 18.4. The number of amides is 3. The van der Waals surface area contributed by atoms with Crippen molar-refractivity contribution in [3.63, 3.8) is 0 Å². The Morgan fingerprint density at radius 2 is 1.00 bits per heavy atom. The van der Waals surface area contributed by atoms with E-state index in [9.17, 15) is 14.4 Å². The third-order valence-electron chi connectivity index (χ3n) is 9.33. The molecule has 3 saturated carbocycles. The highest BCUT2D eigenvalue weighted by Gasteiger charge is 2.34. The van der Waals surface area contributed by atoms with E-state index in [2.05, 4.69) is 29.8 Å². The SMILES string of the molecule is [B][C@@H]1CC[C@@H](CC(=O)N[C@@H]2C[C@H](CC(C)C)CC[C@H]2[B])C[C@H]1NC(=O)C[C@@H]1CC[C@@H]([B])[C@H](NC(=O)C(C)C)C1. The van der Waals surface area contributed by atoms with Gasteiger partial charge in [-0.05, 0) is 49.4 Å². The quantitative estimate of drug-likeness (QED) is 0.369. The summed E-state index contributed by atoms with van der Waals surface area (Å²) in [7, 11) is 19.0. The molecule has 0 aromatic rings. The maximum Gasteiger partial charge on any atom is 0.222 e. The second-order valence-electron chi connectivity index (χ2n) is 13.7. The van der Waals surface area contributed by atoms with Crippen LogP contribution < -0.4 is 16.0 Å². The lowest BCUT2D eigenvalue weighted by Crippen LogP contribution is -2.46. The summed E-state index contributed by atoms with van der Waals surface area (Å²) in [6.07, 6.45) is 9.92.